The first-order valence-electron chi connectivity index (χ1n) is 8.96. The summed E-state index contributed by atoms with van der Waals surface area (Å²) in [5.41, 5.74) is 2.71. The number of carbonyl (C=O) groups is 1. The first-order valence-corrected chi connectivity index (χ1v) is 8.96. The predicted molar refractivity (Wildman–Crippen MR) is 106 cm³/mol. The van der Waals surface area contributed by atoms with Crippen molar-refractivity contribution in [3.05, 3.63) is 95.6 Å². The quantitative estimate of drug-likeness (QED) is 0.606. The van der Waals surface area contributed by atoms with Gasteiger partial charge in [0, 0.05) is 0 Å². The normalized spacial score (nSPS) is 10.3. The van der Waals surface area contributed by atoms with Gasteiger partial charge in [-0.2, -0.15) is 0 Å². The smallest absolute Gasteiger partial charge is 0.255 e. The van der Waals surface area contributed by atoms with Crippen LogP contribution in [0.2, 0.25) is 0 Å². The van der Waals surface area contributed by atoms with Gasteiger partial charge in [0.1, 0.15) is 24.7 Å². The Kier molecular flexibility index (Phi) is 6.47. The van der Waals surface area contributed by atoms with Gasteiger partial charge in [-0.25, -0.2) is 0 Å². The number of carbonyl (C=O) groups excluding carboxylic acids is 1. The number of amides is 1. The molecule has 27 heavy (non-hydrogen) atoms. The highest BCUT2D eigenvalue weighted by atomic mass is 16.5. The molecule has 3 aromatic rings. The second-order valence-corrected chi connectivity index (χ2v) is 6.19. The van der Waals surface area contributed by atoms with Crippen LogP contribution in [0, 0.1) is 6.92 Å². The highest BCUT2D eigenvalue weighted by Gasteiger charge is 2.11. The molecule has 0 bridgehead atoms. The van der Waals surface area contributed by atoms with Crippen LogP contribution in [0.1, 0.15) is 21.5 Å². The van der Waals surface area contributed by atoms with Crippen LogP contribution in [0.15, 0.2) is 78.9 Å². The molecule has 0 aliphatic heterocycles. The molecule has 0 saturated heterocycles. The van der Waals surface area contributed by atoms with E-state index < -0.39 is 0 Å². The fraction of sp³-hybridized carbons (Fsp3) is 0.174. The van der Waals surface area contributed by atoms with Crippen molar-refractivity contribution in [1.29, 1.82) is 0 Å². The van der Waals surface area contributed by atoms with Gasteiger partial charge < -0.3 is 14.8 Å². The average Bonchev–Trinajstić information content (AvgIpc) is 2.70. The zero-order valence-electron chi connectivity index (χ0n) is 15.4. The van der Waals surface area contributed by atoms with Crippen molar-refractivity contribution in [3.8, 4) is 11.5 Å². The molecule has 0 saturated carbocycles. The number of aryl methyl sites for hydroxylation is 1. The van der Waals surface area contributed by atoms with Crippen LogP contribution in [-0.2, 0) is 6.61 Å². The lowest BCUT2D eigenvalue weighted by molar-refractivity contribution is 0.0942. The number of para-hydroxylation sites is 1. The van der Waals surface area contributed by atoms with Gasteiger partial charge in [-0.15, -0.1) is 0 Å². The van der Waals surface area contributed by atoms with Crippen molar-refractivity contribution in [3.63, 3.8) is 0 Å². The minimum atomic E-state index is -0.175. The van der Waals surface area contributed by atoms with Crippen LogP contribution < -0.4 is 14.8 Å². The van der Waals surface area contributed by atoms with Gasteiger partial charge in [0.2, 0.25) is 0 Å². The SMILES string of the molecule is Cc1cccc(OCCNC(=O)c2ccccc2OCc2ccccc2)c1. The van der Waals surface area contributed by atoms with E-state index in [-0.39, 0.29) is 5.91 Å². The van der Waals surface area contributed by atoms with Crippen LogP contribution in [0.5, 0.6) is 11.5 Å². The predicted octanol–water partition coefficient (Wildman–Crippen LogP) is 4.38. The number of rotatable bonds is 8. The van der Waals surface area contributed by atoms with E-state index in [0.29, 0.717) is 31.1 Å². The molecule has 3 aromatic carbocycles. The molecular weight excluding hydrogens is 338 g/mol. The highest BCUT2D eigenvalue weighted by molar-refractivity contribution is 5.96. The monoisotopic (exact) mass is 361 g/mol. The van der Waals surface area contributed by atoms with Crippen molar-refractivity contribution in [2.75, 3.05) is 13.2 Å². The molecule has 1 amide bonds. The first-order chi connectivity index (χ1) is 13.2. The second kappa shape index (κ2) is 9.43. The summed E-state index contributed by atoms with van der Waals surface area (Å²) in [5.74, 6) is 1.20. The van der Waals surface area contributed by atoms with Gasteiger partial charge in [-0.3, -0.25) is 4.79 Å². The van der Waals surface area contributed by atoms with Crippen molar-refractivity contribution < 1.29 is 14.3 Å². The summed E-state index contributed by atoms with van der Waals surface area (Å²) in [5, 5.41) is 2.88. The van der Waals surface area contributed by atoms with Crippen LogP contribution in [-0.4, -0.2) is 19.1 Å². The average molecular weight is 361 g/mol. The Morgan fingerprint density at radius 3 is 2.48 bits per heavy atom. The molecule has 0 aliphatic rings. The summed E-state index contributed by atoms with van der Waals surface area (Å²) < 4.78 is 11.5. The molecule has 0 aliphatic carbocycles. The number of hydrogen-bond donors (Lipinski definition) is 1. The topological polar surface area (TPSA) is 47.6 Å². The maximum absolute atomic E-state index is 12.5. The summed E-state index contributed by atoms with van der Waals surface area (Å²) in [4.78, 5) is 12.5. The fourth-order valence-corrected chi connectivity index (χ4v) is 2.65. The fourth-order valence-electron chi connectivity index (χ4n) is 2.65. The lowest BCUT2D eigenvalue weighted by Gasteiger charge is -2.12. The molecule has 0 heterocycles. The van der Waals surface area contributed by atoms with E-state index in [9.17, 15) is 4.79 Å². The maximum Gasteiger partial charge on any atom is 0.255 e. The van der Waals surface area contributed by atoms with Gasteiger partial charge in [-0.1, -0.05) is 54.6 Å². The standard InChI is InChI=1S/C23H23NO3/c1-18-8-7-11-20(16-18)26-15-14-24-23(25)21-12-5-6-13-22(21)27-17-19-9-3-2-4-10-19/h2-13,16H,14-15,17H2,1H3,(H,24,25). The van der Waals surface area contributed by atoms with E-state index >= 15 is 0 Å². The lowest BCUT2D eigenvalue weighted by Crippen LogP contribution is -2.28. The molecule has 4 nitrogen and oxygen atoms in total. The molecule has 138 valence electrons. The third-order valence-electron chi connectivity index (χ3n) is 4.01. The molecule has 0 radical (unpaired) electrons. The molecule has 0 aromatic heterocycles. The van der Waals surface area contributed by atoms with E-state index in [0.717, 1.165) is 16.9 Å². The van der Waals surface area contributed by atoms with Crippen molar-refractivity contribution in [2.45, 2.75) is 13.5 Å². The van der Waals surface area contributed by atoms with Gasteiger partial charge in [0.05, 0.1) is 12.1 Å². The number of ether oxygens (including phenoxy) is 2. The van der Waals surface area contributed by atoms with Crippen LogP contribution in [0.4, 0.5) is 0 Å². The van der Waals surface area contributed by atoms with E-state index in [1.807, 2.05) is 73.7 Å². The van der Waals surface area contributed by atoms with Gasteiger partial charge in [0.25, 0.3) is 5.91 Å². The Morgan fingerprint density at radius 1 is 0.889 bits per heavy atom. The lowest BCUT2D eigenvalue weighted by atomic mass is 10.2. The molecule has 3 rings (SSSR count). The van der Waals surface area contributed by atoms with Crippen LogP contribution in [0.3, 0.4) is 0 Å². The van der Waals surface area contributed by atoms with Gasteiger partial charge >= 0.3 is 0 Å². The van der Waals surface area contributed by atoms with Crippen LogP contribution in [0.25, 0.3) is 0 Å². The minimum absolute atomic E-state index is 0.175. The third-order valence-corrected chi connectivity index (χ3v) is 4.01. The van der Waals surface area contributed by atoms with E-state index in [2.05, 4.69) is 5.32 Å². The molecule has 0 atom stereocenters. The number of benzene rings is 3. The summed E-state index contributed by atoms with van der Waals surface area (Å²) in [6.45, 7) is 3.25. The molecular formula is C23H23NO3. The van der Waals surface area contributed by atoms with E-state index in [4.69, 9.17) is 9.47 Å². The Balaban J connectivity index is 1.52. The molecule has 0 spiro atoms. The van der Waals surface area contributed by atoms with Gasteiger partial charge in [0.15, 0.2) is 0 Å². The highest BCUT2D eigenvalue weighted by Crippen LogP contribution is 2.19. The molecule has 0 unspecified atom stereocenters. The Bertz CT molecular complexity index is 878. The molecule has 4 heteroatoms. The van der Waals surface area contributed by atoms with Crippen molar-refractivity contribution in [1.82, 2.24) is 5.32 Å². The van der Waals surface area contributed by atoms with Crippen LogP contribution >= 0.6 is 0 Å². The summed E-state index contributed by atoms with van der Waals surface area (Å²) in [6, 6.07) is 25.0. The van der Waals surface area contributed by atoms with Crippen molar-refractivity contribution in [2.24, 2.45) is 0 Å². The first kappa shape index (κ1) is 18.5. The third kappa shape index (κ3) is 5.61. The van der Waals surface area contributed by atoms with Crippen molar-refractivity contribution >= 4 is 5.91 Å². The summed E-state index contributed by atoms with van der Waals surface area (Å²) in [6.07, 6.45) is 0. The number of hydrogen-bond acceptors (Lipinski definition) is 3. The van der Waals surface area contributed by atoms with E-state index in [1.54, 1.807) is 12.1 Å². The Morgan fingerprint density at radius 2 is 1.67 bits per heavy atom. The second-order valence-electron chi connectivity index (χ2n) is 6.19. The molecule has 0 fully saturated rings. The van der Waals surface area contributed by atoms with Gasteiger partial charge in [-0.05, 0) is 42.3 Å². The maximum atomic E-state index is 12.5. The summed E-state index contributed by atoms with van der Waals surface area (Å²) in [7, 11) is 0. The zero-order valence-corrected chi connectivity index (χ0v) is 15.4. The number of nitrogens with one attached hydrogen (secondary N) is 1. The summed E-state index contributed by atoms with van der Waals surface area (Å²) >= 11 is 0. The Labute approximate surface area is 159 Å². The largest absolute Gasteiger partial charge is 0.492 e. The van der Waals surface area contributed by atoms with E-state index in [1.165, 1.54) is 0 Å². The minimum Gasteiger partial charge on any atom is -0.492 e. The molecule has 1 N–H and O–H groups in total. The zero-order chi connectivity index (χ0) is 18.9. The Hall–Kier alpha value is -3.27.